The van der Waals surface area contributed by atoms with Gasteiger partial charge in [0.15, 0.2) is 17.5 Å². The van der Waals surface area contributed by atoms with E-state index in [2.05, 4.69) is 168 Å². The lowest BCUT2D eigenvalue weighted by molar-refractivity contribution is 1.08. The largest absolute Gasteiger partial charge is 0.309 e. The van der Waals surface area contributed by atoms with Crippen LogP contribution in [0.1, 0.15) is 0 Å². The Balaban J connectivity index is 0.981. The number of benzene rings is 8. The summed E-state index contributed by atoms with van der Waals surface area (Å²) in [7, 11) is 0. The second-order valence-corrected chi connectivity index (χ2v) is 16.6. The molecule has 0 aliphatic heterocycles. The zero-order valence-electron chi connectivity index (χ0n) is 30.4. The molecular weight excluding hydrogens is 733 g/mol. The number of thiophene rings is 2. The molecule has 0 aliphatic rings. The molecule has 266 valence electrons. The molecule has 0 spiro atoms. The van der Waals surface area contributed by atoms with Crippen molar-refractivity contribution in [1.29, 1.82) is 0 Å². The Kier molecular flexibility index (Phi) is 7.24. The number of nitrogens with zero attached hydrogens (tertiary/aromatic N) is 4. The van der Waals surface area contributed by atoms with E-state index < -0.39 is 0 Å². The van der Waals surface area contributed by atoms with Gasteiger partial charge in [0.1, 0.15) is 0 Å². The third kappa shape index (κ3) is 5.22. The van der Waals surface area contributed by atoms with Gasteiger partial charge in [0.2, 0.25) is 0 Å². The van der Waals surface area contributed by atoms with Crippen LogP contribution in [0.2, 0.25) is 0 Å². The highest BCUT2D eigenvalue weighted by Crippen LogP contribution is 2.42. The third-order valence-electron chi connectivity index (χ3n) is 11.1. The zero-order valence-corrected chi connectivity index (χ0v) is 32.1. The van der Waals surface area contributed by atoms with Crippen LogP contribution in [0.3, 0.4) is 0 Å². The highest BCUT2D eigenvalue weighted by atomic mass is 32.1. The van der Waals surface area contributed by atoms with E-state index >= 15 is 0 Å². The topological polar surface area (TPSA) is 43.6 Å². The molecule has 4 heterocycles. The number of fused-ring (bicyclic) bond motifs is 9. The lowest BCUT2D eigenvalue weighted by Gasteiger charge is -2.10. The minimum absolute atomic E-state index is 0.664. The first kappa shape index (κ1) is 32.3. The summed E-state index contributed by atoms with van der Waals surface area (Å²) in [6, 6.07) is 65.0. The maximum Gasteiger partial charge on any atom is 0.164 e. The Morgan fingerprint density at radius 1 is 0.333 bits per heavy atom. The summed E-state index contributed by atoms with van der Waals surface area (Å²) in [5.74, 6) is 2.01. The van der Waals surface area contributed by atoms with Gasteiger partial charge in [-0.3, -0.25) is 0 Å². The number of hydrogen-bond acceptors (Lipinski definition) is 5. The number of rotatable bonds is 5. The van der Waals surface area contributed by atoms with Gasteiger partial charge in [0.25, 0.3) is 0 Å². The molecule has 0 bridgehead atoms. The fourth-order valence-corrected chi connectivity index (χ4v) is 10.7. The molecule has 0 fully saturated rings. The highest BCUT2D eigenvalue weighted by molar-refractivity contribution is 7.26. The predicted octanol–water partition coefficient (Wildman–Crippen LogP) is 14.4. The third-order valence-corrected chi connectivity index (χ3v) is 13.3. The Morgan fingerprint density at radius 3 is 1.81 bits per heavy atom. The summed E-state index contributed by atoms with van der Waals surface area (Å²) in [5, 5.41) is 7.40. The van der Waals surface area contributed by atoms with Crippen molar-refractivity contribution in [1.82, 2.24) is 19.5 Å². The molecule has 57 heavy (non-hydrogen) atoms. The minimum Gasteiger partial charge on any atom is -0.309 e. The van der Waals surface area contributed by atoms with Crippen LogP contribution in [0.4, 0.5) is 0 Å². The summed E-state index contributed by atoms with van der Waals surface area (Å²) in [6.45, 7) is 0. The number of hydrogen-bond donors (Lipinski definition) is 0. The Hall–Kier alpha value is -6.99. The second kappa shape index (κ2) is 12.8. The van der Waals surface area contributed by atoms with Crippen LogP contribution in [-0.4, -0.2) is 19.5 Å². The fourth-order valence-electron chi connectivity index (χ4n) is 8.41. The molecule has 0 radical (unpaired) electrons. The molecule has 4 nitrogen and oxygen atoms in total. The first-order chi connectivity index (χ1) is 28.2. The molecule has 0 amide bonds. The normalized spacial score (nSPS) is 11.9. The molecule has 0 N–H and O–H groups in total. The maximum absolute atomic E-state index is 5.20. The monoisotopic (exact) mass is 762 g/mol. The molecular formula is C51H30N4S2. The predicted molar refractivity (Wildman–Crippen MR) is 242 cm³/mol. The van der Waals surface area contributed by atoms with E-state index in [1.54, 1.807) is 11.3 Å². The fraction of sp³-hybridized carbons (Fsp3) is 0. The van der Waals surface area contributed by atoms with Gasteiger partial charge < -0.3 is 4.57 Å². The highest BCUT2D eigenvalue weighted by Gasteiger charge is 2.18. The second-order valence-electron chi connectivity index (χ2n) is 14.4. The van der Waals surface area contributed by atoms with Crippen molar-refractivity contribution in [3.63, 3.8) is 0 Å². The first-order valence-electron chi connectivity index (χ1n) is 19.0. The van der Waals surface area contributed by atoms with Crippen molar-refractivity contribution >= 4 is 84.8 Å². The van der Waals surface area contributed by atoms with Crippen LogP contribution in [0.5, 0.6) is 0 Å². The molecule has 4 aromatic heterocycles. The lowest BCUT2D eigenvalue weighted by Crippen LogP contribution is -2.00. The molecule has 6 heteroatoms. The van der Waals surface area contributed by atoms with Gasteiger partial charge in [0, 0.05) is 73.5 Å². The minimum atomic E-state index is 0.664. The van der Waals surface area contributed by atoms with Crippen molar-refractivity contribution in [2.75, 3.05) is 0 Å². The molecule has 0 unspecified atom stereocenters. The molecule has 12 rings (SSSR count). The van der Waals surface area contributed by atoms with Crippen LogP contribution < -0.4 is 0 Å². The van der Waals surface area contributed by atoms with Crippen LogP contribution in [-0.2, 0) is 0 Å². The Morgan fingerprint density at radius 2 is 0.947 bits per heavy atom. The molecule has 8 aromatic carbocycles. The summed E-state index contributed by atoms with van der Waals surface area (Å²) < 4.78 is 7.30. The smallest absolute Gasteiger partial charge is 0.164 e. The first-order valence-corrected chi connectivity index (χ1v) is 20.6. The van der Waals surface area contributed by atoms with Gasteiger partial charge >= 0.3 is 0 Å². The van der Waals surface area contributed by atoms with E-state index in [1.165, 1.54) is 79.0 Å². The van der Waals surface area contributed by atoms with Gasteiger partial charge in [-0.05, 0) is 71.8 Å². The van der Waals surface area contributed by atoms with Gasteiger partial charge in [0.05, 0.1) is 11.0 Å². The quantitative estimate of drug-likeness (QED) is 0.175. The van der Waals surface area contributed by atoms with Crippen molar-refractivity contribution < 1.29 is 0 Å². The standard InChI is InChI=1S/C51H30N4S2/c1-3-12-31(13-4-1)49-52-50(54-51(53-49)39-18-11-21-46-48(39)38-17-8-10-20-44(38)56-46)34-22-25-37-41-29-33(24-27-45(41)57-47(37)30-34)32-23-26-43-40(28-32)36-16-7-9-19-42(36)55(43)35-14-5-2-6-15-35/h1-30H. The summed E-state index contributed by atoms with van der Waals surface area (Å²) in [6.07, 6.45) is 0. The number of aromatic nitrogens is 4. The van der Waals surface area contributed by atoms with E-state index in [0.29, 0.717) is 17.5 Å². The van der Waals surface area contributed by atoms with Crippen LogP contribution >= 0.6 is 22.7 Å². The van der Waals surface area contributed by atoms with Crippen molar-refractivity contribution in [3.8, 4) is 51.0 Å². The maximum atomic E-state index is 5.20. The van der Waals surface area contributed by atoms with E-state index in [1.807, 2.05) is 29.5 Å². The van der Waals surface area contributed by atoms with Gasteiger partial charge in [-0.25, -0.2) is 15.0 Å². The van der Waals surface area contributed by atoms with Gasteiger partial charge in [-0.15, -0.1) is 22.7 Å². The van der Waals surface area contributed by atoms with E-state index in [-0.39, 0.29) is 0 Å². The van der Waals surface area contributed by atoms with Crippen LogP contribution in [0.15, 0.2) is 182 Å². The summed E-state index contributed by atoms with van der Waals surface area (Å²) in [5.41, 5.74) is 8.94. The molecule has 0 aliphatic carbocycles. The average molecular weight is 763 g/mol. The van der Waals surface area contributed by atoms with Crippen LogP contribution in [0, 0.1) is 0 Å². The molecule has 0 saturated heterocycles. The number of para-hydroxylation sites is 2. The van der Waals surface area contributed by atoms with Crippen LogP contribution in [0.25, 0.3) is 113 Å². The van der Waals surface area contributed by atoms with E-state index in [4.69, 9.17) is 15.0 Å². The van der Waals surface area contributed by atoms with Gasteiger partial charge in [-0.1, -0.05) is 121 Å². The Labute approximate surface area is 335 Å². The lowest BCUT2D eigenvalue weighted by atomic mass is 10.0. The molecule has 12 aromatic rings. The van der Waals surface area contributed by atoms with E-state index in [0.717, 1.165) is 16.7 Å². The summed E-state index contributed by atoms with van der Waals surface area (Å²) in [4.78, 5) is 15.4. The zero-order chi connectivity index (χ0) is 37.5. The Bertz CT molecular complexity index is 3530. The van der Waals surface area contributed by atoms with Crippen molar-refractivity contribution in [2.24, 2.45) is 0 Å². The summed E-state index contributed by atoms with van der Waals surface area (Å²) >= 11 is 3.62. The molecule has 0 saturated carbocycles. The van der Waals surface area contributed by atoms with Gasteiger partial charge in [-0.2, -0.15) is 0 Å². The van der Waals surface area contributed by atoms with Crippen molar-refractivity contribution in [2.45, 2.75) is 0 Å². The van der Waals surface area contributed by atoms with Crippen molar-refractivity contribution in [3.05, 3.63) is 182 Å². The SMILES string of the molecule is c1ccc(-c2nc(-c3ccc4c(c3)sc3ccc(-c5ccc6c(c5)c5ccccc5n6-c5ccccc5)cc34)nc(-c3cccc4sc5ccccc5c34)n2)cc1. The molecule has 0 atom stereocenters. The van der Waals surface area contributed by atoms with E-state index in [9.17, 15) is 0 Å². The average Bonchev–Trinajstić information content (AvgIpc) is 3.95.